The number of rotatable bonds is 5. The Hall–Kier alpha value is -2.82. The van der Waals surface area contributed by atoms with Crippen LogP contribution in [0.1, 0.15) is 41.9 Å². The number of nitrogens with one attached hydrogen (secondary N) is 2. The van der Waals surface area contributed by atoms with Gasteiger partial charge < -0.3 is 16.4 Å². The Morgan fingerprint density at radius 2 is 1.96 bits per heavy atom. The van der Waals surface area contributed by atoms with E-state index in [1.54, 1.807) is 12.1 Å². The summed E-state index contributed by atoms with van der Waals surface area (Å²) >= 11 is 0. The molecule has 5 heteroatoms. The molecule has 0 spiro atoms. The average molecular weight is 337 g/mol. The van der Waals surface area contributed by atoms with Gasteiger partial charge in [0.1, 0.15) is 0 Å². The lowest BCUT2D eigenvalue weighted by Gasteiger charge is -2.25. The molecular weight excluding hydrogens is 314 g/mol. The molecule has 130 valence electrons. The Kier molecular flexibility index (Phi) is 5.33. The third-order valence-corrected chi connectivity index (χ3v) is 4.61. The maximum Gasteiger partial charge on any atom is 0.316 e. The molecule has 1 aliphatic carbocycles. The number of hydrogen-bond donors (Lipinski definition) is 3. The van der Waals surface area contributed by atoms with Crippen molar-refractivity contribution >= 4 is 17.6 Å². The lowest BCUT2D eigenvalue weighted by atomic mass is 9.81. The van der Waals surface area contributed by atoms with Gasteiger partial charge in [0.15, 0.2) is 0 Å². The molecule has 0 bridgehead atoms. The van der Waals surface area contributed by atoms with Crippen molar-refractivity contribution in [3.8, 4) is 0 Å². The number of urea groups is 1. The maximum atomic E-state index is 12.4. The van der Waals surface area contributed by atoms with Crippen molar-refractivity contribution < 1.29 is 9.59 Å². The number of amides is 3. The molecular formula is C20H23N3O2. The van der Waals surface area contributed by atoms with Gasteiger partial charge in [-0.15, -0.1) is 0 Å². The van der Waals surface area contributed by atoms with Gasteiger partial charge in [-0.1, -0.05) is 36.4 Å². The number of primary amides is 1. The van der Waals surface area contributed by atoms with E-state index in [1.165, 1.54) is 11.1 Å². The van der Waals surface area contributed by atoms with Crippen LogP contribution in [0.3, 0.4) is 0 Å². The summed E-state index contributed by atoms with van der Waals surface area (Å²) in [4.78, 5) is 23.3. The molecule has 0 aliphatic heterocycles. The quantitative estimate of drug-likeness (QED) is 0.782. The second-order valence-corrected chi connectivity index (χ2v) is 6.46. The molecule has 2 aromatic rings. The molecule has 0 heterocycles. The highest BCUT2D eigenvalue weighted by Gasteiger charge is 2.22. The van der Waals surface area contributed by atoms with Gasteiger partial charge in [0.25, 0.3) is 0 Å². The maximum absolute atomic E-state index is 12.4. The summed E-state index contributed by atoms with van der Waals surface area (Å²) in [5, 5.41) is 5.51. The molecule has 3 rings (SSSR count). The zero-order valence-corrected chi connectivity index (χ0v) is 14.1. The Labute approximate surface area is 147 Å². The number of carbonyl (C=O) groups excluding carboxylic acids is 2. The van der Waals surface area contributed by atoms with Crippen LogP contribution in [-0.2, 0) is 17.8 Å². The van der Waals surface area contributed by atoms with Crippen LogP contribution in [0.15, 0.2) is 48.5 Å². The zero-order valence-electron chi connectivity index (χ0n) is 14.1. The second kappa shape index (κ2) is 7.83. The molecule has 2 aromatic carbocycles. The minimum atomic E-state index is -0.600. The van der Waals surface area contributed by atoms with Gasteiger partial charge in [0.2, 0.25) is 5.91 Å². The fourth-order valence-electron chi connectivity index (χ4n) is 3.46. The van der Waals surface area contributed by atoms with Crippen LogP contribution in [0.25, 0.3) is 0 Å². The summed E-state index contributed by atoms with van der Waals surface area (Å²) in [6.07, 6.45) is 3.81. The lowest BCUT2D eigenvalue weighted by molar-refractivity contribution is -0.121. The Morgan fingerprint density at radius 1 is 1.12 bits per heavy atom. The third kappa shape index (κ3) is 4.59. The molecule has 0 saturated heterocycles. The first-order valence-electron chi connectivity index (χ1n) is 8.62. The average Bonchev–Trinajstić information content (AvgIpc) is 2.60. The molecule has 0 radical (unpaired) electrons. The first kappa shape index (κ1) is 17.0. The van der Waals surface area contributed by atoms with Crippen LogP contribution >= 0.6 is 0 Å². The number of carbonyl (C=O) groups is 2. The summed E-state index contributed by atoms with van der Waals surface area (Å²) in [7, 11) is 0. The van der Waals surface area contributed by atoms with Crippen molar-refractivity contribution in [1.29, 1.82) is 0 Å². The van der Waals surface area contributed by atoms with Crippen molar-refractivity contribution in [1.82, 2.24) is 5.32 Å². The monoisotopic (exact) mass is 337 g/mol. The topological polar surface area (TPSA) is 84.2 Å². The number of hydrogen-bond acceptors (Lipinski definition) is 2. The molecule has 0 saturated carbocycles. The predicted octanol–water partition coefficient (Wildman–Crippen LogP) is 3.30. The van der Waals surface area contributed by atoms with Crippen molar-refractivity contribution in [2.45, 2.75) is 38.1 Å². The van der Waals surface area contributed by atoms with Crippen LogP contribution in [0.2, 0.25) is 0 Å². The van der Waals surface area contributed by atoms with E-state index in [2.05, 4.69) is 28.8 Å². The highest BCUT2D eigenvalue weighted by atomic mass is 16.2. The van der Waals surface area contributed by atoms with Crippen LogP contribution in [0, 0.1) is 0 Å². The van der Waals surface area contributed by atoms with Gasteiger partial charge >= 0.3 is 6.03 Å². The van der Waals surface area contributed by atoms with E-state index in [9.17, 15) is 9.59 Å². The molecule has 4 N–H and O–H groups in total. The molecule has 0 fully saturated rings. The van der Waals surface area contributed by atoms with Crippen LogP contribution in [0.4, 0.5) is 10.5 Å². The largest absolute Gasteiger partial charge is 0.352 e. The minimum absolute atomic E-state index is 0.0509. The Morgan fingerprint density at radius 3 is 2.80 bits per heavy atom. The first-order valence-corrected chi connectivity index (χ1v) is 8.62. The van der Waals surface area contributed by atoms with E-state index in [0.29, 0.717) is 24.6 Å². The second-order valence-electron chi connectivity index (χ2n) is 6.46. The van der Waals surface area contributed by atoms with Crippen LogP contribution in [-0.4, -0.2) is 11.9 Å². The summed E-state index contributed by atoms with van der Waals surface area (Å²) in [5.41, 5.74) is 9.35. The zero-order chi connectivity index (χ0) is 17.6. The summed E-state index contributed by atoms with van der Waals surface area (Å²) in [6.45, 7) is 0.432. The first-order chi connectivity index (χ1) is 12.1. The normalized spacial score (nSPS) is 15.9. The van der Waals surface area contributed by atoms with E-state index < -0.39 is 6.03 Å². The summed E-state index contributed by atoms with van der Waals surface area (Å²) < 4.78 is 0. The van der Waals surface area contributed by atoms with Gasteiger partial charge in [-0.05, 0) is 54.0 Å². The standard InChI is InChI=1S/C20H23N3O2/c21-20(25)23-17-9-3-5-14(11-17)13-22-19(24)12-16-8-4-7-15-6-1-2-10-18(15)16/h1-3,5-6,9-11,16H,4,7-8,12-13H2,(H,22,24)(H3,21,23,25). The third-order valence-electron chi connectivity index (χ3n) is 4.61. The van der Waals surface area contributed by atoms with Crippen LogP contribution in [0.5, 0.6) is 0 Å². The molecule has 1 atom stereocenters. The van der Waals surface area contributed by atoms with Gasteiger partial charge in [-0.2, -0.15) is 0 Å². The Bertz CT molecular complexity index is 773. The van der Waals surface area contributed by atoms with Gasteiger partial charge in [-0.25, -0.2) is 4.79 Å². The highest BCUT2D eigenvalue weighted by Crippen LogP contribution is 2.33. The molecule has 1 aliphatic rings. The van der Waals surface area contributed by atoms with Gasteiger partial charge in [0, 0.05) is 18.7 Å². The summed E-state index contributed by atoms with van der Waals surface area (Å²) in [5.74, 6) is 0.350. The van der Waals surface area contributed by atoms with Crippen LogP contribution < -0.4 is 16.4 Å². The SMILES string of the molecule is NC(=O)Nc1cccc(CNC(=O)CC2CCCc3ccccc32)c1. The van der Waals surface area contributed by atoms with Crippen molar-refractivity contribution in [2.24, 2.45) is 5.73 Å². The minimum Gasteiger partial charge on any atom is -0.352 e. The van der Waals surface area contributed by atoms with E-state index in [-0.39, 0.29) is 5.91 Å². The number of anilines is 1. The smallest absolute Gasteiger partial charge is 0.316 e. The van der Waals surface area contributed by atoms with Crippen molar-refractivity contribution in [2.75, 3.05) is 5.32 Å². The number of benzene rings is 2. The van der Waals surface area contributed by atoms with E-state index in [1.807, 2.05) is 18.2 Å². The molecule has 25 heavy (non-hydrogen) atoms. The van der Waals surface area contributed by atoms with Crippen molar-refractivity contribution in [3.05, 3.63) is 65.2 Å². The fourth-order valence-corrected chi connectivity index (χ4v) is 3.46. The van der Waals surface area contributed by atoms with Crippen molar-refractivity contribution in [3.63, 3.8) is 0 Å². The van der Waals surface area contributed by atoms with E-state index in [0.717, 1.165) is 24.8 Å². The molecule has 1 unspecified atom stereocenters. The molecule has 5 nitrogen and oxygen atoms in total. The lowest BCUT2D eigenvalue weighted by Crippen LogP contribution is -2.26. The fraction of sp³-hybridized carbons (Fsp3) is 0.300. The van der Waals surface area contributed by atoms with Gasteiger partial charge in [-0.3, -0.25) is 4.79 Å². The number of fused-ring (bicyclic) bond motifs is 1. The summed E-state index contributed by atoms with van der Waals surface area (Å²) in [6, 6.07) is 15.1. The van der Waals surface area contributed by atoms with E-state index in [4.69, 9.17) is 5.73 Å². The Balaban J connectivity index is 1.56. The molecule has 0 aromatic heterocycles. The molecule has 3 amide bonds. The predicted molar refractivity (Wildman–Crippen MR) is 98.2 cm³/mol. The number of aryl methyl sites for hydroxylation is 1. The van der Waals surface area contributed by atoms with E-state index >= 15 is 0 Å². The van der Waals surface area contributed by atoms with Gasteiger partial charge in [0.05, 0.1) is 0 Å². The number of nitrogens with two attached hydrogens (primary N) is 1. The highest BCUT2D eigenvalue weighted by molar-refractivity contribution is 5.87.